The molecule has 0 radical (unpaired) electrons. The first-order valence-corrected chi connectivity index (χ1v) is 13.3. The second kappa shape index (κ2) is 10.8. The minimum atomic E-state index is -0.827. The van der Waals surface area contributed by atoms with E-state index in [0.29, 0.717) is 31.8 Å². The fourth-order valence-electron chi connectivity index (χ4n) is 6.43. The van der Waals surface area contributed by atoms with Crippen LogP contribution in [0.5, 0.6) is 0 Å². The maximum absolute atomic E-state index is 13.5. The molecular formula is C31H36N2O3. The van der Waals surface area contributed by atoms with Gasteiger partial charge in [0.15, 0.2) is 0 Å². The average molecular weight is 485 g/mol. The van der Waals surface area contributed by atoms with E-state index in [1.54, 1.807) is 0 Å². The minimum absolute atomic E-state index is 0.0403. The second-order valence-corrected chi connectivity index (χ2v) is 10.5. The highest BCUT2D eigenvalue weighted by Crippen LogP contribution is 2.38. The highest BCUT2D eigenvalue weighted by molar-refractivity contribution is 5.86. The lowest BCUT2D eigenvalue weighted by Gasteiger charge is -2.41. The number of aliphatic carboxylic acids is 1. The molecule has 1 saturated carbocycles. The van der Waals surface area contributed by atoms with E-state index in [1.165, 1.54) is 21.9 Å². The highest BCUT2D eigenvalue weighted by atomic mass is 16.4. The van der Waals surface area contributed by atoms with E-state index < -0.39 is 11.9 Å². The van der Waals surface area contributed by atoms with Gasteiger partial charge < -0.3 is 15.3 Å². The van der Waals surface area contributed by atoms with Crippen LogP contribution < -0.4 is 5.32 Å². The van der Waals surface area contributed by atoms with Crippen LogP contribution in [0.1, 0.15) is 55.7 Å². The molecule has 0 spiro atoms. The topological polar surface area (TPSA) is 69.6 Å². The second-order valence-electron chi connectivity index (χ2n) is 10.5. The van der Waals surface area contributed by atoms with Gasteiger partial charge in [0.2, 0.25) is 5.91 Å². The summed E-state index contributed by atoms with van der Waals surface area (Å²) >= 11 is 0. The molecule has 0 bridgehead atoms. The number of benzene rings is 3. The smallest absolute Gasteiger partial charge is 0.307 e. The molecule has 1 aliphatic carbocycles. The summed E-state index contributed by atoms with van der Waals surface area (Å²) in [4.78, 5) is 27.1. The molecule has 2 fully saturated rings. The van der Waals surface area contributed by atoms with Crippen molar-refractivity contribution in [3.8, 4) is 0 Å². The fraction of sp³-hybridized carbons (Fsp3) is 0.419. The quantitative estimate of drug-likeness (QED) is 0.456. The Morgan fingerprint density at radius 2 is 1.67 bits per heavy atom. The van der Waals surface area contributed by atoms with Gasteiger partial charge >= 0.3 is 5.97 Å². The molecule has 2 aliphatic rings. The fourth-order valence-corrected chi connectivity index (χ4v) is 6.43. The Morgan fingerprint density at radius 1 is 0.944 bits per heavy atom. The lowest BCUT2D eigenvalue weighted by atomic mass is 9.79. The predicted octanol–water partition coefficient (Wildman–Crippen LogP) is 5.62. The van der Waals surface area contributed by atoms with E-state index in [9.17, 15) is 14.7 Å². The van der Waals surface area contributed by atoms with Crippen LogP contribution in [-0.4, -0.2) is 41.5 Å². The molecule has 1 heterocycles. The van der Waals surface area contributed by atoms with Crippen molar-refractivity contribution in [1.29, 1.82) is 0 Å². The lowest BCUT2D eigenvalue weighted by molar-refractivity contribution is -0.150. The van der Waals surface area contributed by atoms with Crippen molar-refractivity contribution in [1.82, 2.24) is 10.2 Å². The van der Waals surface area contributed by atoms with Crippen LogP contribution in [0.2, 0.25) is 0 Å². The van der Waals surface area contributed by atoms with E-state index in [0.717, 1.165) is 19.4 Å². The van der Waals surface area contributed by atoms with Crippen molar-refractivity contribution in [2.75, 3.05) is 19.6 Å². The number of nitrogens with zero attached hydrogens (tertiary/aromatic N) is 1. The SMILES string of the molecule is C[C@@H](NCC1CN(C(=O)C2CCCC2C(=O)O)CCC1c1ccccc1)c1cccc2ccccc12. The number of amides is 1. The van der Waals surface area contributed by atoms with Crippen LogP contribution >= 0.6 is 0 Å². The van der Waals surface area contributed by atoms with Crippen LogP contribution in [0, 0.1) is 17.8 Å². The van der Waals surface area contributed by atoms with Gasteiger partial charge in [-0.05, 0) is 59.9 Å². The number of likely N-dealkylation sites (tertiary alicyclic amines) is 1. The van der Waals surface area contributed by atoms with Crippen molar-refractivity contribution < 1.29 is 14.7 Å². The molecule has 1 saturated heterocycles. The van der Waals surface area contributed by atoms with Crippen molar-refractivity contribution in [2.45, 2.75) is 44.6 Å². The number of carbonyl (C=O) groups is 2. The van der Waals surface area contributed by atoms with Gasteiger partial charge in [0.05, 0.1) is 11.8 Å². The van der Waals surface area contributed by atoms with Crippen molar-refractivity contribution in [3.63, 3.8) is 0 Å². The zero-order chi connectivity index (χ0) is 25.1. The molecule has 1 aliphatic heterocycles. The lowest BCUT2D eigenvalue weighted by Crippen LogP contribution is -2.49. The first kappa shape index (κ1) is 24.5. The number of carboxylic acids is 1. The molecule has 188 valence electrons. The summed E-state index contributed by atoms with van der Waals surface area (Å²) in [6, 6.07) is 25.7. The Bertz CT molecular complexity index is 1210. The summed E-state index contributed by atoms with van der Waals surface area (Å²) in [5, 5.41) is 15.9. The molecule has 3 aromatic rings. The van der Waals surface area contributed by atoms with Gasteiger partial charge in [-0.15, -0.1) is 0 Å². The first-order chi connectivity index (χ1) is 17.5. The molecule has 5 heteroatoms. The summed E-state index contributed by atoms with van der Waals surface area (Å²) in [5.74, 6) is -1.08. The van der Waals surface area contributed by atoms with Gasteiger partial charge in [0.25, 0.3) is 0 Å². The maximum atomic E-state index is 13.5. The average Bonchev–Trinajstić information content (AvgIpc) is 3.42. The van der Waals surface area contributed by atoms with Gasteiger partial charge in [-0.25, -0.2) is 0 Å². The van der Waals surface area contributed by atoms with Gasteiger partial charge in [-0.1, -0.05) is 79.2 Å². The number of hydrogen-bond donors (Lipinski definition) is 2. The predicted molar refractivity (Wildman–Crippen MR) is 143 cm³/mol. The summed E-state index contributed by atoms with van der Waals surface area (Å²) in [6.07, 6.45) is 3.02. The Morgan fingerprint density at radius 3 is 2.47 bits per heavy atom. The highest BCUT2D eigenvalue weighted by Gasteiger charge is 2.42. The number of hydrogen-bond acceptors (Lipinski definition) is 3. The van der Waals surface area contributed by atoms with Gasteiger partial charge in [-0.2, -0.15) is 0 Å². The molecule has 4 unspecified atom stereocenters. The Labute approximate surface area is 213 Å². The normalized spacial score (nSPS) is 25.1. The summed E-state index contributed by atoms with van der Waals surface area (Å²) in [6.45, 7) is 4.36. The number of rotatable bonds is 7. The van der Waals surface area contributed by atoms with Crippen LogP contribution in [-0.2, 0) is 9.59 Å². The molecule has 0 aromatic heterocycles. The third kappa shape index (κ3) is 5.03. The zero-order valence-electron chi connectivity index (χ0n) is 21.0. The molecule has 5 atom stereocenters. The van der Waals surface area contributed by atoms with Crippen molar-refractivity contribution in [3.05, 3.63) is 83.9 Å². The van der Waals surface area contributed by atoms with Crippen LogP contribution in [0.25, 0.3) is 10.8 Å². The number of fused-ring (bicyclic) bond motifs is 1. The third-order valence-corrected chi connectivity index (χ3v) is 8.40. The van der Waals surface area contributed by atoms with E-state index in [2.05, 4.69) is 79.0 Å². The molecular weight excluding hydrogens is 448 g/mol. The van der Waals surface area contributed by atoms with Gasteiger partial charge in [0.1, 0.15) is 0 Å². The monoisotopic (exact) mass is 484 g/mol. The number of carbonyl (C=O) groups excluding carboxylic acids is 1. The first-order valence-electron chi connectivity index (χ1n) is 13.3. The molecule has 1 amide bonds. The number of nitrogens with one attached hydrogen (secondary N) is 1. The molecule has 3 aromatic carbocycles. The Hall–Kier alpha value is -3.18. The summed E-state index contributed by atoms with van der Waals surface area (Å²) in [5.41, 5.74) is 2.60. The molecule has 2 N–H and O–H groups in total. The van der Waals surface area contributed by atoms with Crippen LogP contribution in [0.3, 0.4) is 0 Å². The molecule has 5 rings (SSSR count). The van der Waals surface area contributed by atoms with Crippen LogP contribution in [0.4, 0.5) is 0 Å². The third-order valence-electron chi connectivity index (χ3n) is 8.40. The van der Waals surface area contributed by atoms with Crippen molar-refractivity contribution >= 4 is 22.6 Å². The molecule has 5 nitrogen and oxygen atoms in total. The van der Waals surface area contributed by atoms with E-state index in [4.69, 9.17) is 0 Å². The van der Waals surface area contributed by atoms with Crippen LogP contribution in [0.15, 0.2) is 72.8 Å². The van der Waals surface area contributed by atoms with Gasteiger partial charge in [-0.3, -0.25) is 9.59 Å². The minimum Gasteiger partial charge on any atom is -0.481 e. The van der Waals surface area contributed by atoms with Crippen molar-refractivity contribution in [2.24, 2.45) is 17.8 Å². The van der Waals surface area contributed by atoms with E-state index in [-0.39, 0.29) is 23.8 Å². The number of piperidine rings is 1. The summed E-state index contributed by atoms with van der Waals surface area (Å²) in [7, 11) is 0. The standard InChI is InChI=1S/C31H36N2O3/c1-21(25-14-7-12-23-11-5-6-13-27(23)25)32-19-24-20-33(18-17-26(24)22-9-3-2-4-10-22)30(34)28-15-8-16-29(28)31(35)36/h2-7,9-14,21,24,26,28-29,32H,8,15-20H2,1H3,(H,35,36)/t21-,24?,26?,28?,29?/m1/s1. The largest absolute Gasteiger partial charge is 0.481 e. The maximum Gasteiger partial charge on any atom is 0.307 e. The number of carboxylic acid groups (broad SMARTS) is 1. The Balaban J connectivity index is 1.33. The Kier molecular flexibility index (Phi) is 7.38. The molecule has 36 heavy (non-hydrogen) atoms. The van der Waals surface area contributed by atoms with E-state index >= 15 is 0 Å². The summed E-state index contributed by atoms with van der Waals surface area (Å²) < 4.78 is 0. The van der Waals surface area contributed by atoms with E-state index in [1.807, 2.05) is 11.0 Å². The zero-order valence-corrected chi connectivity index (χ0v) is 21.0. The van der Waals surface area contributed by atoms with Gasteiger partial charge in [0, 0.05) is 25.7 Å².